The normalized spacial score (nSPS) is 17.5. The fourth-order valence-electron chi connectivity index (χ4n) is 5.49. The second-order valence-corrected chi connectivity index (χ2v) is 11.5. The van der Waals surface area contributed by atoms with E-state index in [2.05, 4.69) is 63.2 Å². The Bertz CT molecular complexity index is 1530. The van der Waals surface area contributed by atoms with E-state index in [1.54, 1.807) is 17.8 Å². The van der Waals surface area contributed by atoms with Crippen molar-refractivity contribution >= 4 is 34.8 Å². The number of Topliss-reactive ketones (excluding diaryl/α,β-unsaturated/α-hetero) is 1. The third-order valence-corrected chi connectivity index (χ3v) is 8.73. The molecule has 38 heavy (non-hydrogen) atoms. The molecule has 3 aromatic carbocycles. The van der Waals surface area contributed by atoms with E-state index in [0.717, 1.165) is 34.7 Å². The highest BCUT2D eigenvalue weighted by Gasteiger charge is 2.41. The first kappa shape index (κ1) is 26.2. The molecule has 1 heterocycles. The fraction of sp³-hybridized carbons (Fsp3) is 0.250. The first-order valence-electron chi connectivity index (χ1n) is 12.8. The van der Waals surface area contributed by atoms with Crippen molar-refractivity contribution in [1.82, 2.24) is 0 Å². The van der Waals surface area contributed by atoms with E-state index in [0.29, 0.717) is 34.8 Å². The van der Waals surface area contributed by atoms with Gasteiger partial charge in [-0.3, -0.25) is 9.69 Å². The summed E-state index contributed by atoms with van der Waals surface area (Å²) < 4.78 is 0. The van der Waals surface area contributed by atoms with E-state index in [4.69, 9.17) is 17.3 Å². The molecule has 0 amide bonds. The summed E-state index contributed by atoms with van der Waals surface area (Å²) in [6.45, 7) is 6.26. The van der Waals surface area contributed by atoms with Crippen LogP contribution in [0.25, 0.3) is 0 Å². The Balaban J connectivity index is 1.62. The Morgan fingerprint density at radius 1 is 1.05 bits per heavy atom. The largest absolute Gasteiger partial charge is 0.384 e. The lowest BCUT2D eigenvalue weighted by Crippen LogP contribution is -2.38. The topological polar surface area (TPSA) is 70.1 Å². The number of allylic oxidation sites excluding steroid dienone is 3. The van der Waals surface area contributed by atoms with Crippen molar-refractivity contribution in [3.63, 3.8) is 0 Å². The maximum atomic E-state index is 13.5. The summed E-state index contributed by atoms with van der Waals surface area (Å²) in [5, 5.41) is 11.0. The summed E-state index contributed by atoms with van der Waals surface area (Å²) in [6, 6.07) is 22.7. The van der Waals surface area contributed by atoms with Gasteiger partial charge in [0.05, 0.1) is 17.6 Å². The van der Waals surface area contributed by atoms with Crippen molar-refractivity contribution < 1.29 is 4.79 Å². The van der Waals surface area contributed by atoms with Gasteiger partial charge in [-0.2, -0.15) is 5.26 Å². The number of thioether (sulfide) groups is 1. The zero-order valence-corrected chi connectivity index (χ0v) is 23.4. The standard InChI is InChI=1S/C32H30ClN3OS/c1-19-10-12-25(13-11-19)38-18-22-15-26(21(3)14-20(22)2)30-27(17-34)32(35)36(24-7-4-6-23(33)16-24)28-8-5-9-29(37)31(28)30/h4,6-7,10-16,30H,5,8-9,18,35H2,1-3H3. The molecule has 1 unspecified atom stereocenters. The molecule has 0 spiro atoms. The molecule has 2 N–H and O–H groups in total. The van der Waals surface area contributed by atoms with Crippen LogP contribution < -0.4 is 10.6 Å². The highest BCUT2D eigenvalue weighted by atomic mass is 35.5. The number of aryl methyl sites for hydroxylation is 3. The maximum absolute atomic E-state index is 13.5. The predicted octanol–water partition coefficient (Wildman–Crippen LogP) is 7.86. The Hall–Kier alpha value is -3.46. The maximum Gasteiger partial charge on any atom is 0.161 e. The number of rotatable bonds is 5. The molecule has 6 heteroatoms. The second-order valence-electron chi connectivity index (χ2n) is 10.0. The number of halogens is 1. The smallest absolute Gasteiger partial charge is 0.161 e. The van der Waals surface area contributed by atoms with Gasteiger partial charge in [-0.25, -0.2) is 0 Å². The Morgan fingerprint density at radius 3 is 2.53 bits per heavy atom. The third kappa shape index (κ3) is 4.87. The minimum Gasteiger partial charge on any atom is -0.384 e. The number of nitrogens with two attached hydrogens (primary N) is 1. The van der Waals surface area contributed by atoms with Gasteiger partial charge in [0.2, 0.25) is 0 Å². The molecule has 0 saturated heterocycles. The van der Waals surface area contributed by atoms with Crippen molar-refractivity contribution in [1.29, 1.82) is 5.26 Å². The first-order chi connectivity index (χ1) is 18.3. The molecule has 1 atom stereocenters. The van der Waals surface area contributed by atoms with E-state index in [9.17, 15) is 10.1 Å². The van der Waals surface area contributed by atoms with E-state index in [1.807, 2.05) is 23.1 Å². The number of anilines is 1. The second kappa shape index (κ2) is 10.7. The Morgan fingerprint density at radius 2 is 1.82 bits per heavy atom. The quantitative estimate of drug-likeness (QED) is 0.334. The van der Waals surface area contributed by atoms with Gasteiger partial charge in [0.15, 0.2) is 5.78 Å². The van der Waals surface area contributed by atoms with Crippen LogP contribution in [-0.4, -0.2) is 5.78 Å². The Labute approximate surface area is 233 Å². The minimum absolute atomic E-state index is 0.0825. The molecule has 0 aromatic heterocycles. The minimum atomic E-state index is -0.484. The molecule has 4 nitrogen and oxygen atoms in total. The van der Waals surface area contributed by atoms with Gasteiger partial charge in [0.1, 0.15) is 5.82 Å². The molecule has 1 aliphatic heterocycles. The molecule has 0 radical (unpaired) electrons. The summed E-state index contributed by atoms with van der Waals surface area (Å²) in [7, 11) is 0. The van der Waals surface area contributed by atoms with Gasteiger partial charge < -0.3 is 5.73 Å². The predicted molar refractivity (Wildman–Crippen MR) is 156 cm³/mol. The van der Waals surface area contributed by atoms with Gasteiger partial charge >= 0.3 is 0 Å². The molecular weight excluding hydrogens is 510 g/mol. The van der Waals surface area contributed by atoms with Gasteiger partial charge in [-0.1, -0.05) is 47.5 Å². The van der Waals surface area contributed by atoms with Crippen LogP contribution in [0.3, 0.4) is 0 Å². The third-order valence-electron chi connectivity index (χ3n) is 7.43. The lowest BCUT2D eigenvalue weighted by Gasteiger charge is -2.40. The van der Waals surface area contributed by atoms with Crippen molar-refractivity contribution in [2.45, 2.75) is 56.6 Å². The summed E-state index contributed by atoms with van der Waals surface area (Å²) in [4.78, 5) is 16.6. The molecule has 3 aromatic rings. The van der Waals surface area contributed by atoms with Crippen LogP contribution in [0.1, 0.15) is 53.0 Å². The van der Waals surface area contributed by atoms with Crippen LogP contribution in [-0.2, 0) is 10.5 Å². The average molecular weight is 540 g/mol. The summed E-state index contributed by atoms with van der Waals surface area (Å²) >= 11 is 8.10. The van der Waals surface area contributed by atoms with Gasteiger partial charge in [0, 0.05) is 39.0 Å². The average Bonchev–Trinajstić information content (AvgIpc) is 2.89. The van der Waals surface area contributed by atoms with Crippen LogP contribution in [0.2, 0.25) is 5.02 Å². The van der Waals surface area contributed by atoms with Crippen LogP contribution in [0.5, 0.6) is 0 Å². The van der Waals surface area contributed by atoms with Gasteiger partial charge in [0.25, 0.3) is 0 Å². The molecule has 192 valence electrons. The van der Waals surface area contributed by atoms with E-state index < -0.39 is 5.92 Å². The molecule has 0 fully saturated rings. The number of nitriles is 1. The highest BCUT2D eigenvalue weighted by molar-refractivity contribution is 7.98. The summed E-state index contributed by atoms with van der Waals surface area (Å²) in [5.41, 5.74) is 15.1. The SMILES string of the molecule is Cc1ccc(SCc2cc(C3C(C#N)=C(N)N(c4cccc(Cl)c4)C4=C3C(=O)CCC4)c(C)cc2C)cc1. The number of benzene rings is 3. The van der Waals surface area contributed by atoms with Gasteiger partial charge in [-0.05, 0) is 86.2 Å². The van der Waals surface area contributed by atoms with E-state index in [-0.39, 0.29) is 5.78 Å². The fourth-order valence-corrected chi connectivity index (χ4v) is 6.63. The molecule has 2 aliphatic rings. The van der Waals surface area contributed by atoms with Crippen molar-refractivity contribution in [3.8, 4) is 6.07 Å². The van der Waals surface area contributed by atoms with Gasteiger partial charge in [-0.15, -0.1) is 11.8 Å². The van der Waals surface area contributed by atoms with Crippen molar-refractivity contribution in [3.05, 3.63) is 116 Å². The van der Waals surface area contributed by atoms with E-state index >= 15 is 0 Å². The molecular formula is C32H30ClN3OS. The lowest BCUT2D eigenvalue weighted by atomic mass is 9.74. The number of ketones is 1. The van der Waals surface area contributed by atoms with Crippen LogP contribution in [0.15, 0.2) is 88.2 Å². The van der Waals surface area contributed by atoms with Crippen LogP contribution >= 0.6 is 23.4 Å². The zero-order valence-electron chi connectivity index (χ0n) is 21.8. The van der Waals surface area contributed by atoms with Crippen LogP contribution in [0.4, 0.5) is 5.69 Å². The van der Waals surface area contributed by atoms with Crippen LogP contribution in [0, 0.1) is 32.1 Å². The van der Waals surface area contributed by atoms with Crippen molar-refractivity contribution in [2.24, 2.45) is 5.73 Å². The van der Waals surface area contributed by atoms with E-state index in [1.165, 1.54) is 21.6 Å². The number of carbonyl (C=O) groups is 1. The Kier molecular flexibility index (Phi) is 7.38. The lowest BCUT2D eigenvalue weighted by molar-refractivity contribution is -0.116. The molecule has 1 aliphatic carbocycles. The zero-order chi connectivity index (χ0) is 27.0. The number of hydrogen-bond acceptors (Lipinski definition) is 5. The summed E-state index contributed by atoms with van der Waals surface area (Å²) in [5.74, 6) is 0.759. The van der Waals surface area contributed by atoms with Crippen molar-refractivity contribution in [2.75, 3.05) is 4.90 Å². The molecule has 5 rings (SSSR count). The molecule has 0 saturated carbocycles. The number of carbonyl (C=O) groups excluding carboxylic acids is 1. The highest BCUT2D eigenvalue weighted by Crippen LogP contribution is 2.47. The first-order valence-corrected chi connectivity index (χ1v) is 14.2. The summed E-state index contributed by atoms with van der Waals surface area (Å²) in [6.07, 6.45) is 1.94. The number of nitrogens with zero attached hydrogens (tertiary/aromatic N) is 2. The number of hydrogen-bond donors (Lipinski definition) is 1. The monoisotopic (exact) mass is 539 g/mol. The molecule has 0 bridgehead atoms.